The number of carbonyl (C=O) groups is 1. The zero-order chi connectivity index (χ0) is 18.7. The van der Waals surface area contributed by atoms with Gasteiger partial charge in [0, 0.05) is 37.1 Å². The van der Waals surface area contributed by atoms with Crippen molar-refractivity contribution in [1.82, 2.24) is 10.2 Å². The van der Waals surface area contributed by atoms with Crippen LogP contribution in [-0.2, 0) is 4.74 Å². The van der Waals surface area contributed by atoms with E-state index in [0.717, 1.165) is 36.3 Å². The molecule has 2 heterocycles. The fourth-order valence-electron chi connectivity index (χ4n) is 3.42. The van der Waals surface area contributed by atoms with E-state index in [-0.39, 0.29) is 12.0 Å². The predicted octanol–water partition coefficient (Wildman–Crippen LogP) is 2.84. The van der Waals surface area contributed by atoms with Crippen molar-refractivity contribution in [2.45, 2.75) is 26.9 Å². The number of rotatable bonds is 6. The number of ether oxygens (including phenoxy) is 2. The topological polar surface area (TPSA) is 63.9 Å². The average Bonchev–Trinajstić information content (AvgIpc) is 2.95. The second-order valence-corrected chi connectivity index (χ2v) is 7.27. The quantitative estimate of drug-likeness (QED) is 0.858. The van der Waals surface area contributed by atoms with E-state index in [0.29, 0.717) is 30.4 Å². The van der Waals surface area contributed by atoms with E-state index in [1.807, 2.05) is 25.1 Å². The lowest BCUT2D eigenvalue weighted by molar-refractivity contribution is -0.0296. The highest BCUT2D eigenvalue weighted by Gasteiger charge is 2.23. The van der Waals surface area contributed by atoms with E-state index in [4.69, 9.17) is 13.9 Å². The van der Waals surface area contributed by atoms with Gasteiger partial charge in [0.25, 0.3) is 5.91 Å². The zero-order valence-corrected chi connectivity index (χ0v) is 16.0. The van der Waals surface area contributed by atoms with Crippen LogP contribution >= 0.6 is 0 Å². The lowest BCUT2D eigenvalue weighted by Gasteiger charge is -2.33. The molecule has 0 aliphatic carbocycles. The van der Waals surface area contributed by atoms with Crippen LogP contribution in [0.5, 0.6) is 5.75 Å². The molecule has 6 nitrogen and oxygen atoms in total. The van der Waals surface area contributed by atoms with E-state index in [9.17, 15) is 4.79 Å². The second kappa shape index (κ2) is 8.10. The molecule has 0 radical (unpaired) electrons. The number of nitrogens with one attached hydrogen (secondary N) is 1. The molecule has 6 heteroatoms. The zero-order valence-electron chi connectivity index (χ0n) is 16.0. The van der Waals surface area contributed by atoms with Crippen molar-refractivity contribution in [3.05, 3.63) is 29.5 Å². The Hall–Kier alpha value is -2.05. The van der Waals surface area contributed by atoms with Gasteiger partial charge in [-0.3, -0.25) is 9.69 Å². The monoisotopic (exact) mass is 360 g/mol. The van der Waals surface area contributed by atoms with Crippen LogP contribution in [0, 0.1) is 12.8 Å². The maximum atomic E-state index is 12.6. The van der Waals surface area contributed by atoms with Crippen LogP contribution in [0.2, 0.25) is 0 Å². The minimum Gasteiger partial charge on any atom is -0.497 e. The van der Waals surface area contributed by atoms with Crippen LogP contribution in [0.3, 0.4) is 0 Å². The summed E-state index contributed by atoms with van der Waals surface area (Å²) in [4.78, 5) is 15.0. The van der Waals surface area contributed by atoms with Gasteiger partial charge >= 0.3 is 0 Å². The largest absolute Gasteiger partial charge is 0.497 e. The molecule has 1 unspecified atom stereocenters. The van der Waals surface area contributed by atoms with Crippen molar-refractivity contribution in [3.63, 3.8) is 0 Å². The van der Waals surface area contributed by atoms with Crippen molar-refractivity contribution in [2.24, 2.45) is 5.92 Å². The average molecular weight is 360 g/mol. The summed E-state index contributed by atoms with van der Waals surface area (Å²) in [5.74, 6) is 1.51. The molecule has 1 aromatic carbocycles. The summed E-state index contributed by atoms with van der Waals surface area (Å²) in [6, 6.07) is 5.54. The number of morpholine rings is 1. The lowest BCUT2D eigenvalue weighted by atomic mass is 10.1. The van der Waals surface area contributed by atoms with Crippen molar-refractivity contribution in [1.29, 1.82) is 0 Å². The standard InChI is InChI=1S/C20H28N2O4/c1-13(2)11-22-7-8-25-16(12-22)10-21-20(23)19-14(3)17-9-15(24-4)5-6-18(17)26-19/h5-6,9,13,16H,7-8,10-12H2,1-4H3,(H,21,23). The van der Waals surface area contributed by atoms with Gasteiger partial charge in [0.05, 0.1) is 19.8 Å². The van der Waals surface area contributed by atoms with Gasteiger partial charge in [-0.2, -0.15) is 0 Å². The van der Waals surface area contributed by atoms with Crippen molar-refractivity contribution >= 4 is 16.9 Å². The van der Waals surface area contributed by atoms with Gasteiger partial charge in [-0.15, -0.1) is 0 Å². The number of amides is 1. The Morgan fingerprint density at radius 2 is 2.23 bits per heavy atom. The Kier molecular flexibility index (Phi) is 5.84. The maximum Gasteiger partial charge on any atom is 0.287 e. The normalized spacial score (nSPS) is 18.4. The second-order valence-electron chi connectivity index (χ2n) is 7.27. The first-order valence-electron chi connectivity index (χ1n) is 9.17. The number of nitrogens with zero attached hydrogens (tertiary/aromatic N) is 1. The highest BCUT2D eigenvalue weighted by atomic mass is 16.5. The molecule has 1 fully saturated rings. The summed E-state index contributed by atoms with van der Waals surface area (Å²) in [7, 11) is 1.62. The minimum absolute atomic E-state index is 0.0104. The van der Waals surface area contributed by atoms with Gasteiger partial charge < -0.3 is 19.2 Å². The maximum absolute atomic E-state index is 12.6. The van der Waals surface area contributed by atoms with Crippen LogP contribution in [0.15, 0.2) is 22.6 Å². The fraction of sp³-hybridized carbons (Fsp3) is 0.550. The number of furan rings is 1. The summed E-state index contributed by atoms with van der Waals surface area (Å²) in [5.41, 5.74) is 1.51. The number of hydrogen-bond acceptors (Lipinski definition) is 5. The van der Waals surface area contributed by atoms with E-state index in [1.54, 1.807) is 7.11 Å². The highest BCUT2D eigenvalue weighted by molar-refractivity contribution is 5.99. The van der Waals surface area contributed by atoms with E-state index < -0.39 is 0 Å². The number of fused-ring (bicyclic) bond motifs is 1. The molecule has 1 amide bonds. The molecule has 142 valence electrons. The van der Waals surface area contributed by atoms with Crippen molar-refractivity contribution in [3.8, 4) is 5.75 Å². The Balaban J connectivity index is 1.63. The molecule has 26 heavy (non-hydrogen) atoms. The van der Waals surface area contributed by atoms with Gasteiger partial charge in [-0.05, 0) is 31.0 Å². The Labute approximate surface area is 154 Å². The smallest absolute Gasteiger partial charge is 0.287 e. The Morgan fingerprint density at radius 3 is 2.96 bits per heavy atom. The van der Waals surface area contributed by atoms with Crippen LogP contribution in [0.1, 0.15) is 30.0 Å². The van der Waals surface area contributed by atoms with Gasteiger partial charge in [-0.25, -0.2) is 0 Å². The molecule has 1 atom stereocenters. The molecule has 0 bridgehead atoms. The number of carbonyl (C=O) groups excluding carboxylic acids is 1. The summed E-state index contributed by atoms with van der Waals surface area (Å²) in [5, 5.41) is 3.85. The minimum atomic E-state index is -0.206. The SMILES string of the molecule is COc1ccc2oc(C(=O)NCC3CN(CC(C)C)CCO3)c(C)c2c1. The fourth-order valence-corrected chi connectivity index (χ4v) is 3.42. The highest BCUT2D eigenvalue weighted by Crippen LogP contribution is 2.28. The Morgan fingerprint density at radius 1 is 1.42 bits per heavy atom. The summed E-state index contributed by atoms with van der Waals surface area (Å²) >= 11 is 0. The third kappa shape index (κ3) is 4.19. The molecule has 3 rings (SSSR count). The van der Waals surface area contributed by atoms with Gasteiger partial charge in [-0.1, -0.05) is 13.8 Å². The first kappa shape index (κ1) is 18.7. The van der Waals surface area contributed by atoms with Crippen LogP contribution in [0.25, 0.3) is 11.0 Å². The van der Waals surface area contributed by atoms with Gasteiger partial charge in [0.2, 0.25) is 0 Å². The first-order valence-corrected chi connectivity index (χ1v) is 9.17. The molecule has 0 saturated carbocycles. The molecule has 1 aromatic heterocycles. The number of aryl methyl sites for hydroxylation is 1. The summed E-state index contributed by atoms with van der Waals surface area (Å²) < 4.78 is 16.8. The van der Waals surface area contributed by atoms with E-state index in [1.165, 1.54) is 0 Å². The molecular formula is C20H28N2O4. The third-order valence-electron chi connectivity index (χ3n) is 4.69. The number of hydrogen-bond donors (Lipinski definition) is 1. The molecule has 0 spiro atoms. The van der Waals surface area contributed by atoms with E-state index in [2.05, 4.69) is 24.1 Å². The molecule has 1 saturated heterocycles. The van der Waals surface area contributed by atoms with Gasteiger partial charge in [0.1, 0.15) is 11.3 Å². The number of methoxy groups -OCH3 is 1. The van der Waals surface area contributed by atoms with Crippen molar-refractivity contribution in [2.75, 3.05) is 39.9 Å². The summed E-state index contributed by atoms with van der Waals surface area (Å²) in [6.07, 6.45) is 0.0104. The Bertz CT molecular complexity index is 769. The lowest BCUT2D eigenvalue weighted by Crippen LogP contribution is -2.48. The van der Waals surface area contributed by atoms with Gasteiger partial charge in [0.15, 0.2) is 5.76 Å². The predicted molar refractivity (Wildman–Crippen MR) is 101 cm³/mol. The first-order chi connectivity index (χ1) is 12.5. The van der Waals surface area contributed by atoms with Crippen molar-refractivity contribution < 1.29 is 18.7 Å². The molecular weight excluding hydrogens is 332 g/mol. The molecule has 1 aliphatic rings. The van der Waals surface area contributed by atoms with Crippen LogP contribution in [0.4, 0.5) is 0 Å². The third-order valence-corrected chi connectivity index (χ3v) is 4.69. The summed E-state index contributed by atoms with van der Waals surface area (Å²) in [6.45, 7) is 10.4. The molecule has 1 N–H and O–H groups in total. The molecule has 1 aliphatic heterocycles. The van der Waals surface area contributed by atoms with Crippen LogP contribution in [-0.4, -0.2) is 56.8 Å². The van der Waals surface area contributed by atoms with E-state index >= 15 is 0 Å². The molecule has 2 aromatic rings. The number of benzene rings is 1. The van der Waals surface area contributed by atoms with Crippen LogP contribution < -0.4 is 10.1 Å².